The molecule has 2 unspecified atom stereocenters. The largest absolute Gasteiger partial charge is 0.444 e. The number of aliphatic imine (C=N–C) groups is 1. The minimum Gasteiger partial charge on any atom is -0.444 e. The lowest BCUT2D eigenvalue weighted by Crippen LogP contribution is -2.57. The zero-order chi connectivity index (χ0) is 21.3. The van der Waals surface area contributed by atoms with Crippen LogP contribution in [0.1, 0.15) is 33.6 Å². The van der Waals surface area contributed by atoms with Crippen molar-refractivity contribution in [3.63, 3.8) is 0 Å². The molecule has 0 spiro atoms. The monoisotopic (exact) mass is 484 g/mol. The molecule has 2 saturated heterocycles. The van der Waals surface area contributed by atoms with Gasteiger partial charge in [0.25, 0.3) is 0 Å². The van der Waals surface area contributed by atoms with Gasteiger partial charge in [-0.05, 0) is 55.8 Å². The van der Waals surface area contributed by atoms with Gasteiger partial charge in [-0.2, -0.15) is 0 Å². The molecule has 1 aromatic heterocycles. The lowest BCUT2D eigenvalue weighted by molar-refractivity contribution is 0.0122. The Hall–Kier alpha value is -1.55. The minimum atomic E-state index is -0.490. The van der Waals surface area contributed by atoms with Crippen molar-refractivity contribution in [3.8, 4) is 0 Å². The highest BCUT2D eigenvalue weighted by molar-refractivity contribution is 9.10. The summed E-state index contributed by atoms with van der Waals surface area (Å²) in [7, 11) is 3.84. The fourth-order valence-electron chi connectivity index (χ4n) is 3.65. The van der Waals surface area contributed by atoms with Crippen LogP contribution in [0.3, 0.4) is 0 Å². The number of fused-ring (bicyclic) bond motifs is 2. The van der Waals surface area contributed by atoms with Crippen LogP contribution in [0.2, 0.25) is 0 Å². The highest BCUT2D eigenvalue weighted by Crippen LogP contribution is 2.39. The Balaban J connectivity index is 1.85. The molecule has 0 N–H and O–H groups in total. The van der Waals surface area contributed by atoms with Crippen LogP contribution in [0.5, 0.6) is 0 Å². The molecule has 1 aromatic rings. The van der Waals surface area contributed by atoms with E-state index in [1.54, 1.807) is 6.34 Å². The molecule has 2 aliphatic heterocycles. The number of hydrogen-bond acceptors (Lipinski definition) is 7. The maximum Gasteiger partial charge on any atom is 0.410 e. The van der Waals surface area contributed by atoms with E-state index >= 15 is 0 Å². The van der Waals surface area contributed by atoms with Gasteiger partial charge in [-0.25, -0.2) is 19.8 Å². The van der Waals surface area contributed by atoms with Gasteiger partial charge < -0.3 is 14.5 Å². The van der Waals surface area contributed by atoms with Gasteiger partial charge >= 0.3 is 6.09 Å². The van der Waals surface area contributed by atoms with Crippen molar-refractivity contribution in [1.29, 1.82) is 0 Å². The van der Waals surface area contributed by atoms with E-state index in [0.29, 0.717) is 11.0 Å². The SMILES string of the molecule is CSc1nc(/N=C/N(C)C)c(Br)c(N2CC3CCC(C2)N3C(=O)OC(C)(C)C)n1. The van der Waals surface area contributed by atoms with Gasteiger partial charge in [-0.3, -0.25) is 4.90 Å². The first-order valence-corrected chi connectivity index (χ1v) is 11.7. The van der Waals surface area contributed by atoms with Crippen LogP contribution in [0.25, 0.3) is 0 Å². The number of amides is 1. The van der Waals surface area contributed by atoms with E-state index < -0.39 is 5.60 Å². The van der Waals surface area contributed by atoms with Crippen LogP contribution >= 0.6 is 27.7 Å². The summed E-state index contributed by atoms with van der Waals surface area (Å²) >= 11 is 5.15. The average molecular weight is 485 g/mol. The predicted octanol–water partition coefficient (Wildman–Crippen LogP) is 3.77. The van der Waals surface area contributed by atoms with Crippen LogP contribution in [0, 0.1) is 0 Å². The number of rotatable bonds is 4. The summed E-state index contributed by atoms with van der Waals surface area (Å²) in [6.07, 6.45) is 5.42. The Morgan fingerprint density at radius 1 is 1.28 bits per heavy atom. The van der Waals surface area contributed by atoms with Crippen molar-refractivity contribution >= 4 is 51.8 Å². The van der Waals surface area contributed by atoms with E-state index in [2.05, 4.69) is 30.8 Å². The molecule has 29 heavy (non-hydrogen) atoms. The Morgan fingerprint density at radius 2 is 1.90 bits per heavy atom. The molecule has 2 aliphatic rings. The molecule has 0 aliphatic carbocycles. The van der Waals surface area contributed by atoms with Crippen molar-refractivity contribution in [2.45, 2.75) is 56.5 Å². The lowest BCUT2D eigenvalue weighted by Gasteiger charge is -2.42. The molecular formula is C19H29BrN6O2S. The number of hydrogen-bond donors (Lipinski definition) is 0. The third-order valence-electron chi connectivity index (χ3n) is 4.78. The van der Waals surface area contributed by atoms with Crippen LogP contribution in [-0.4, -0.2) is 83.3 Å². The summed E-state index contributed by atoms with van der Waals surface area (Å²) in [5.41, 5.74) is -0.490. The average Bonchev–Trinajstić information content (AvgIpc) is 2.89. The number of thioether (sulfide) groups is 1. The van der Waals surface area contributed by atoms with Gasteiger partial charge in [0.15, 0.2) is 11.0 Å². The third kappa shape index (κ3) is 5.14. The predicted molar refractivity (Wildman–Crippen MR) is 120 cm³/mol. The van der Waals surface area contributed by atoms with Crippen molar-refractivity contribution in [2.75, 3.05) is 38.3 Å². The van der Waals surface area contributed by atoms with Gasteiger partial charge in [0.2, 0.25) is 0 Å². The first kappa shape index (κ1) is 22.1. The lowest BCUT2D eigenvalue weighted by atomic mass is 10.2. The van der Waals surface area contributed by atoms with Gasteiger partial charge in [0, 0.05) is 27.2 Å². The Kier molecular flexibility index (Phi) is 6.62. The minimum absolute atomic E-state index is 0.122. The van der Waals surface area contributed by atoms with Gasteiger partial charge in [-0.15, -0.1) is 0 Å². The number of anilines is 1. The van der Waals surface area contributed by atoms with E-state index in [1.165, 1.54) is 11.8 Å². The number of carbonyl (C=O) groups excluding carboxylic acids is 1. The number of carbonyl (C=O) groups is 1. The quantitative estimate of drug-likeness (QED) is 0.278. The molecule has 160 valence electrons. The number of halogens is 1. The molecule has 2 atom stereocenters. The van der Waals surface area contributed by atoms with Crippen LogP contribution in [0.4, 0.5) is 16.4 Å². The molecular weight excluding hydrogens is 456 g/mol. The van der Waals surface area contributed by atoms with Crippen LogP contribution in [-0.2, 0) is 4.74 Å². The summed E-state index contributed by atoms with van der Waals surface area (Å²) < 4.78 is 6.42. The number of ether oxygens (including phenoxy) is 1. The molecule has 10 heteroatoms. The van der Waals surface area contributed by atoms with Crippen molar-refractivity contribution in [3.05, 3.63) is 4.47 Å². The molecule has 0 aromatic carbocycles. The number of aromatic nitrogens is 2. The molecule has 8 nitrogen and oxygen atoms in total. The van der Waals surface area contributed by atoms with E-state index in [0.717, 1.165) is 36.2 Å². The summed E-state index contributed by atoms with van der Waals surface area (Å²) in [6.45, 7) is 7.15. The molecule has 0 radical (unpaired) electrons. The first-order valence-electron chi connectivity index (χ1n) is 9.67. The molecule has 2 bridgehead atoms. The van der Waals surface area contributed by atoms with Crippen molar-refractivity contribution in [2.24, 2.45) is 4.99 Å². The topological polar surface area (TPSA) is 74.2 Å². The maximum absolute atomic E-state index is 12.7. The zero-order valence-corrected chi connectivity index (χ0v) is 20.2. The number of nitrogens with zero attached hydrogens (tertiary/aromatic N) is 6. The van der Waals surface area contributed by atoms with Crippen molar-refractivity contribution in [1.82, 2.24) is 19.8 Å². The molecule has 0 saturated carbocycles. The molecule has 1 amide bonds. The van der Waals surface area contributed by atoms with Gasteiger partial charge in [0.05, 0.1) is 18.4 Å². The summed E-state index contributed by atoms with van der Waals surface area (Å²) in [5, 5.41) is 0.677. The second-order valence-electron chi connectivity index (χ2n) is 8.56. The standard InChI is InChI=1S/C19H29BrN6O2S/c1-19(2,3)28-18(27)26-12-7-8-13(26)10-25(9-12)16-14(20)15(21-11-24(4)5)22-17(23-16)29-6/h11-13H,7-10H2,1-6H3/b21-11+. The van der Waals surface area contributed by atoms with E-state index in [9.17, 15) is 4.79 Å². The molecule has 3 heterocycles. The highest BCUT2D eigenvalue weighted by atomic mass is 79.9. The van der Waals surface area contributed by atoms with E-state index in [1.807, 2.05) is 50.9 Å². The first-order chi connectivity index (χ1) is 13.6. The normalized spacial score (nSPS) is 21.8. The van der Waals surface area contributed by atoms with E-state index in [4.69, 9.17) is 9.72 Å². The second kappa shape index (κ2) is 8.67. The maximum atomic E-state index is 12.7. The fraction of sp³-hybridized carbons (Fsp3) is 0.684. The van der Waals surface area contributed by atoms with Crippen molar-refractivity contribution < 1.29 is 9.53 Å². The summed E-state index contributed by atoms with van der Waals surface area (Å²) in [4.78, 5) is 32.5. The zero-order valence-electron chi connectivity index (χ0n) is 17.8. The Morgan fingerprint density at radius 3 is 2.41 bits per heavy atom. The number of piperazine rings is 1. The Labute approximate surface area is 185 Å². The molecule has 3 rings (SSSR count). The summed E-state index contributed by atoms with van der Waals surface area (Å²) in [5.74, 6) is 1.44. The van der Waals surface area contributed by atoms with Crippen LogP contribution in [0.15, 0.2) is 14.6 Å². The third-order valence-corrected chi connectivity index (χ3v) is 6.03. The molecule has 2 fully saturated rings. The fourth-order valence-corrected chi connectivity index (χ4v) is 4.54. The Bertz CT molecular complexity index is 784. The van der Waals surface area contributed by atoms with E-state index in [-0.39, 0.29) is 18.2 Å². The summed E-state index contributed by atoms with van der Waals surface area (Å²) in [6, 6.07) is 0.244. The second-order valence-corrected chi connectivity index (χ2v) is 10.1. The van der Waals surface area contributed by atoms with Gasteiger partial charge in [0.1, 0.15) is 15.9 Å². The smallest absolute Gasteiger partial charge is 0.410 e. The van der Waals surface area contributed by atoms with Gasteiger partial charge in [-0.1, -0.05) is 11.8 Å². The van der Waals surface area contributed by atoms with Crippen LogP contribution < -0.4 is 4.90 Å². The highest BCUT2D eigenvalue weighted by Gasteiger charge is 2.45.